The average Bonchev–Trinajstić information content (AvgIpc) is 3.63. The van der Waals surface area contributed by atoms with Crippen molar-refractivity contribution in [1.82, 2.24) is 15.6 Å². The number of anilines is 1. The van der Waals surface area contributed by atoms with Gasteiger partial charge in [0, 0.05) is 30.9 Å². The van der Waals surface area contributed by atoms with Gasteiger partial charge in [-0.1, -0.05) is 42.5 Å². The highest BCUT2D eigenvalue weighted by molar-refractivity contribution is 7.91. The van der Waals surface area contributed by atoms with Crippen molar-refractivity contribution in [2.75, 3.05) is 18.0 Å². The first-order chi connectivity index (χ1) is 19.7. The van der Waals surface area contributed by atoms with Crippen LogP contribution >= 0.6 is 0 Å². The molecule has 2 heterocycles. The Morgan fingerprint density at radius 3 is 2.49 bits per heavy atom. The van der Waals surface area contributed by atoms with Crippen LogP contribution in [-0.4, -0.2) is 44.6 Å². The lowest BCUT2D eigenvalue weighted by Gasteiger charge is -2.19. The van der Waals surface area contributed by atoms with Gasteiger partial charge in [-0.15, -0.1) is 0 Å². The summed E-state index contributed by atoms with van der Waals surface area (Å²) in [6.07, 6.45) is 0.557. The van der Waals surface area contributed by atoms with E-state index >= 15 is 4.39 Å². The summed E-state index contributed by atoms with van der Waals surface area (Å²) in [7, 11) is -3.72. The Morgan fingerprint density at radius 2 is 1.83 bits per heavy atom. The summed E-state index contributed by atoms with van der Waals surface area (Å²) in [5, 5.41) is 4.77. The Hall–Kier alpha value is -4.48. The van der Waals surface area contributed by atoms with Gasteiger partial charge in [-0.2, -0.15) is 0 Å². The summed E-state index contributed by atoms with van der Waals surface area (Å²) in [6.45, 7) is 2.02. The van der Waals surface area contributed by atoms with Crippen LogP contribution in [0, 0.1) is 5.82 Å². The Morgan fingerprint density at radius 1 is 1.07 bits per heavy atom. The van der Waals surface area contributed by atoms with Crippen molar-refractivity contribution in [3.05, 3.63) is 108 Å². The maximum absolute atomic E-state index is 15.2. The molecule has 5 rings (SSSR count). The number of hydrogen-bond acceptors (Lipinski definition) is 6. The fourth-order valence-corrected chi connectivity index (χ4v) is 6.25. The summed E-state index contributed by atoms with van der Waals surface area (Å²) in [4.78, 5) is 28.0. The molecule has 0 spiro atoms. The molecule has 1 fully saturated rings. The molecule has 2 amide bonds. The number of H-pyrrole nitrogens is 1. The van der Waals surface area contributed by atoms with Crippen molar-refractivity contribution >= 4 is 27.5 Å². The number of sulfone groups is 1. The number of hydrogen-bond donors (Lipinski definition) is 3. The molecule has 1 aliphatic heterocycles. The fourth-order valence-electron chi connectivity index (χ4n) is 4.66. The van der Waals surface area contributed by atoms with Crippen molar-refractivity contribution in [2.45, 2.75) is 29.8 Å². The Balaban J connectivity index is 1.27. The second-order valence-corrected chi connectivity index (χ2v) is 11.7. The van der Waals surface area contributed by atoms with E-state index in [2.05, 4.69) is 15.6 Å². The first kappa shape index (κ1) is 28.1. The van der Waals surface area contributed by atoms with E-state index in [1.165, 1.54) is 17.9 Å². The monoisotopic (exact) mass is 576 g/mol. The van der Waals surface area contributed by atoms with Crippen molar-refractivity contribution in [3.8, 4) is 11.1 Å². The van der Waals surface area contributed by atoms with E-state index < -0.39 is 33.2 Å². The van der Waals surface area contributed by atoms with E-state index in [-0.39, 0.29) is 30.4 Å². The van der Waals surface area contributed by atoms with Gasteiger partial charge >= 0.3 is 6.09 Å². The van der Waals surface area contributed by atoms with Gasteiger partial charge < -0.3 is 15.0 Å². The molecule has 3 N–H and O–H groups in total. The van der Waals surface area contributed by atoms with Crippen LogP contribution < -0.4 is 15.5 Å². The zero-order valence-corrected chi connectivity index (χ0v) is 23.0. The molecule has 212 valence electrons. The lowest BCUT2D eigenvalue weighted by atomic mass is 10.0. The molecule has 2 atom stereocenters. The van der Waals surface area contributed by atoms with Gasteiger partial charge in [0.1, 0.15) is 11.9 Å². The second-order valence-electron chi connectivity index (χ2n) is 9.66. The third-order valence-electron chi connectivity index (χ3n) is 6.76. The number of aromatic nitrogens is 1. The van der Waals surface area contributed by atoms with Gasteiger partial charge in [-0.05, 0) is 53.6 Å². The molecule has 4 aromatic rings. The zero-order valence-electron chi connectivity index (χ0n) is 22.2. The number of nitrogens with one attached hydrogen (secondary N) is 3. The number of halogens is 1. The first-order valence-corrected chi connectivity index (χ1v) is 14.5. The maximum Gasteiger partial charge on any atom is 0.414 e. The van der Waals surface area contributed by atoms with Crippen LogP contribution in [-0.2, 0) is 25.9 Å². The van der Waals surface area contributed by atoms with Crippen molar-refractivity contribution < 1.29 is 27.1 Å². The van der Waals surface area contributed by atoms with E-state index in [1.54, 1.807) is 85.1 Å². The van der Waals surface area contributed by atoms with Crippen molar-refractivity contribution in [3.63, 3.8) is 0 Å². The predicted molar refractivity (Wildman–Crippen MR) is 152 cm³/mol. The lowest BCUT2D eigenvalue weighted by Crippen LogP contribution is -2.33. The van der Waals surface area contributed by atoms with Gasteiger partial charge in [0.05, 0.1) is 23.7 Å². The molecule has 41 heavy (non-hydrogen) atoms. The van der Waals surface area contributed by atoms with E-state index in [9.17, 15) is 18.0 Å². The first-order valence-electron chi connectivity index (χ1n) is 13.0. The highest BCUT2D eigenvalue weighted by atomic mass is 32.2. The third-order valence-corrected chi connectivity index (χ3v) is 8.73. The summed E-state index contributed by atoms with van der Waals surface area (Å²) >= 11 is 0. The summed E-state index contributed by atoms with van der Waals surface area (Å²) < 4.78 is 47.2. The zero-order chi connectivity index (χ0) is 29.0. The number of carbonyl (C=O) groups excluding carboxylic acids is 2. The van der Waals surface area contributed by atoms with E-state index in [4.69, 9.17) is 4.74 Å². The number of amides is 2. The minimum Gasteiger partial charge on any atom is -0.442 e. The summed E-state index contributed by atoms with van der Waals surface area (Å²) in [5.41, 5.74) is 2.68. The number of ether oxygens (including phenoxy) is 1. The molecule has 0 bridgehead atoms. The van der Waals surface area contributed by atoms with Crippen LogP contribution in [0.3, 0.4) is 0 Å². The van der Waals surface area contributed by atoms with Crippen LogP contribution in [0.25, 0.3) is 11.1 Å². The van der Waals surface area contributed by atoms with Crippen LogP contribution in [0.4, 0.5) is 14.9 Å². The Labute approximate surface area is 237 Å². The molecule has 3 aromatic carbocycles. The standard InChI is InChI=1S/C30H29FN4O5S/c1-20(36)33-18-24-19-35(30(37)40-24)23-13-14-26(27(31)16-23)22-11-9-21(10-12-22)17-34-29(28-8-5-15-32-28)41(38,39)25-6-3-2-4-7-25/h2-16,24,29,32,34H,17-19H2,1H3,(H,33,36)/t24-,29?/m0/s1. The lowest BCUT2D eigenvalue weighted by molar-refractivity contribution is -0.119. The molecule has 0 saturated carbocycles. The number of aromatic amines is 1. The van der Waals surface area contributed by atoms with Crippen LogP contribution in [0.5, 0.6) is 0 Å². The molecule has 1 aliphatic rings. The molecule has 9 nitrogen and oxygen atoms in total. The Kier molecular flexibility index (Phi) is 8.18. The quantitative estimate of drug-likeness (QED) is 0.255. The van der Waals surface area contributed by atoms with Crippen LogP contribution in [0.2, 0.25) is 0 Å². The van der Waals surface area contributed by atoms with E-state index in [0.717, 1.165) is 5.56 Å². The highest BCUT2D eigenvalue weighted by Gasteiger charge is 2.33. The molecule has 1 saturated heterocycles. The maximum atomic E-state index is 15.2. The fraction of sp³-hybridized carbons (Fsp3) is 0.200. The van der Waals surface area contributed by atoms with Crippen LogP contribution in [0.15, 0.2) is 96.0 Å². The topological polar surface area (TPSA) is 121 Å². The molecular formula is C30H29FN4O5S. The smallest absolute Gasteiger partial charge is 0.414 e. The van der Waals surface area contributed by atoms with Gasteiger partial charge in [0.15, 0.2) is 15.2 Å². The van der Waals surface area contributed by atoms with Gasteiger partial charge in [0.2, 0.25) is 5.91 Å². The molecule has 0 radical (unpaired) electrons. The molecular weight excluding hydrogens is 547 g/mol. The van der Waals surface area contributed by atoms with Crippen LogP contribution in [0.1, 0.15) is 23.6 Å². The average molecular weight is 577 g/mol. The highest BCUT2D eigenvalue weighted by Crippen LogP contribution is 2.30. The van der Waals surface area contributed by atoms with Gasteiger partial charge in [-0.3, -0.25) is 15.0 Å². The van der Waals surface area contributed by atoms with Gasteiger partial charge in [-0.25, -0.2) is 17.6 Å². The Bertz CT molecular complexity index is 1630. The second kappa shape index (κ2) is 11.9. The minimum absolute atomic E-state index is 0.184. The van der Waals surface area contributed by atoms with Gasteiger partial charge in [0.25, 0.3) is 0 Å². The minimum atomic E-state index is -3.72. The molecule has 1 aromatic heterocycles. The largest absolute Gasteiger partial charge is 0.442 e. The molecule has 1 unspecified atom stereocenters. The SMILES string of the molecule is CC(=O)NC[C@H]1CN(c2ccc(-c3ccc(CNC(c4ccc[nH]4)S(=O)(=O)c4ccccc4)cc3)c(F)c2)C(=O)O1. The molecule has 0 aliphatic carbocycles. The van der Waals surface area contributed by atoms with E-state index in [1.807, 2.05) is 0 Å². The number of nitrogens with zero attached hydrogens (tertiary/aromatic N) is 1. The molecule has 11 heteroatoms. The van der Waals surface area contributed by atoms with E-state index in [0.29, 0.717) is 22.5 Å². The number of carbonyl (C=O) groups is 2. The summed E-state index contributed by atoms with van der Waals surface area (Å²) in [5.74, 6) is -0.735. The van der Waals surface area contributed by atoms with Crippen molar-refractivity contribution in [1.29, 1.82) is 0 Å². The third kappa shape index (κ3) is 6.31. The number of cyclic esters (lactones) is 1. The number of rotatable bonds is 10. The predicted octanol–water partition coefficient (Wildman–Crippen LogP) is 4.54. The van der Waals surface area contributed by atoms with Crippen molar-refractivity contribution in [2.24, 2.45) is 0 Å². The number of benzene rings is 3. The summed E-state index contributed by atoms with van der Waals surface area (Å²) in [6, 6.07) is 23.4. The normalized spacial score (nSPS) is 15.9.